The maximum Gasteiger partial charge on any atom is 0.224 e. The van der Waals surface area contributed by atoms with E-state index in [4.69, 9.17) is 11.6 Å². The quantitative estimate of drug-likeness (QED) is 0.759. The second-order valence-corrected chi connectivity index (χ2v) is 5.49. The lowest BCUT2D eigenvalue weighted by atomic mass is 10.3. The molecule has 114 valence electrons. The molecule has 0 aromatic carbocycles. The standard InChI is InChI=1S/C14H26ClN5/c1-5-7-16-14-17-11-12(15)13(18-14)20(8-6-2)10-9-19(3)4/h11H,5-10H2,1-4H3,(H,16,17,18). The van der Waals surface area contributed by atoms with Crippen LogP contribution in [0.4, 0.5) is 11.8 Å². The Balaban J connectivity index is 2.86. The molecular formula is C14H26ClN5. The van der Waals surface area contributed by atoms with Crippen LogP contribution in [0.5, 0.6) is 0 Å². The molecule has 0 spiro atoms. The summed E-state index contributed by atoms with van der Waals surface area (Å²) in [6.45, 7) is 7.96. The van der Waals surface area contributed by atoms with Gasteiger partial charge in [0.2, 0.25) is 5.95 Å². The third-order valence-electron chi connectivity index (χ3n) is 2.87. The van der Waals surface area contributed by atoms with Crippen LogP contribution in [0.3, 0.4) is 0 Å². The third kappa shape index (κ3) is 5.51. The average Bonchev–Trinajstić information content (AvgIpc) is 2.42. The number of rotatable bonds is 9. The summed E-state index contributed by atoms with van der Waals surface area (Å²) in [5, 5.41) is 3.82. The largest absolute Gasteiger partial charge is 0.354 e. The van der Waals surface area contributed by atoms with Crippen LogP contribution in [0.25, 0.3) is 0 Å². The molecule has 6 heteroatoms. The number of anilines is 2. The fraction of sp³-hybridized carbons (Fsp3) is 0.714. The van der Waals surface area contributed by atoms with E-state index in [1.807, 2.05) is 0 Å². The smallest absolute Gasteiger partial charge is 0.224 e. The molecule has 0 unspecified atom stereocenters. The highest BCUT2D eigenvalue weighted by atomic mass is 35.5. The van der Waals surface area contributed by atoms with Crippen molar-refractivity contribution in [3.8, 4) is 0 Å². The van der Waals surface area contributed by atoms with Gasteiger partial charge in [0.05, 0.1) is 6.20 Å². The van der Waals surface area contributed by atoms with Crippen molar-refractivity contribution in [3.63, 3.8) is 0 Å². The van der Waals surface area contributed by atoms with E-state index in [0.717, 1.165) is 44.8 Å². The summed E-state index contributed by atoms with van der Waals surface area (Å²) < 4.78 is 0. The van der Waals surface area contributed by atoms with Gasteiger partial charge in [0.1, 0.15) is 5.02 Å². The zero-order valence-electron chi connectivity index (χ0n) is 13.0. The van der Waals surface area contributed by atoms with Gasteiger partial charge in [-0.3, -0.25) is 0 Å². The number of hydrogen-bond donors (Lipinski definition) is 1. The van der Waals surface area contributed by atoms with E-state index in [2.05, 4.69) is 53.0 Å². The van der Waals surface area contributed by atoms with Crippen molar-refractivity contribution in [3.05, 3.63) is 11.2 Å². The predicted molar refractivity (Wildman–Crippen MR) is 86.9 cm³/mol. The summed E-state index contributed by atoms with van der Waals surface area (Å²) in [6, 6.07) is 0. The van der Waals surface area contributed by atoms with Gasteiger partial charge in [0, 0.05) is 26.2 Å². The van der Waals surface area contributed by atoms with Gasteiger partial charge in [0.25, 0.3) is 0 Å². The Morgan fingerprint density at radius 2 is 1.90 bits per heavy atom. The van der Waals surface area contributed by atoms with Crippen LogP contribution in [0, 0.1) is 0 Å². The van der Waals surface area contributed by atoms with Crippen LogP contribution < -0.4 is 10.2 Å². The molecule has 0 amide bonds. The van der Waals surface area contributed by atoms with Crippen molar-refractivity contribution in [2.45, 2.75) is 26.7 Å². The van der Waals surface area contributed by atoms with Crippen molar-refractivity contribution in [1.29, 1.82) is 0 Å². The number of nitrogens with one attached hydrogen (secondary N) is 1. The van der Waals surface area contributed by atoms with E-state index in [0.29, 0.717) is 11.0 Å². The first kappa shape index (κ1) is 17.0. The molecule has 0 saturated heterocycles. The molecule has 0 aliphatic rings. The maximum absolute atomic E-state index is 6.27. The van der Waals surface area contributed by atoms with Crippen LogP contribution in [0.15, 0.2) is 6.20 Å². The highest BCUT2D eigenvalue weighted by molar-refractivity contribution is 6.32. The van der Waals surface area contributed by atoms with Gasteiger partial charge >= 0.3 is 0 Å². The molecule has 1 heterocycles. The number of likely N-dealkylation sites (N-methyl/N-ethyl adjacent to an activating group) is 1. The minimum atomic E-state index is 0.610. The van der Waals surface area contributed by atoms with E-state index < -0.39 is 0 Å². The lowest BCUT2D eigenvalue weighted by molar-refractivity contribution is 0.412. The van der Waals surface area contributed by atoms with Gasteiger partial charge in [-0.05, 0) is 26.9 Å². The van der Waals surface area contributed by atoms with E-state index in [1.165, 1.54) is 0 Å². The van der Waals surface area contributed by atoms with Crippen molar-refractivity contribution >= 4 is 23.4 Å². The molecule has 1 aromatic rings. The van der Waals surface area contributed by atoms with Gasteiger partial charge in [-0.15, -0.1) is 0 Å². The molecule has 1 N–H and O–H groups in total. The first-order chi connectivity index (χ1) is 9.58. The summed E-state index contributed by atoms with van der Waals surface area (Å²) >= 11 is 6.27. The van der Waals surface area contributed by atoms with E-state index in [1.54, 1.807) is 6.20 Å². The molecule has 0 fully saturated rings. The normalized spacial score (nSPS) is 10.9. The molecule has 0 atom stereocenters. The fourth-order valence-electron chi connectivity index (χ4n) is 1.82. The van der Waals surface area contributed by atoms with Crippen molar-refractivity contribution in [1.82, 2.24) is 14.9 Å². The molecule has 20 heavy (non-hydrogen) atoms. The van der Waals surface area contributed by atoms with Gasteiger partial charge in [-0.2, -0.15) is 4.98 Å². The third-order valence-corrected chi connectivity index (χ3v) is 3.14. The van der Waals surface area contributed by atoms with Crippen molar-refractivity contribution in [2.24, 2.45) is 0 Å². The second kappa shape index (κ2) is 8.97. The highest BCUT2D eigenvalue weighted by Crippen LogP contribution is 2.23. The van der Waals surface area contributed by atoms with Gasteiger partial charge in [-0.25, -0.2) is 4.98 Å². The van der Waals surface area contributed by atoms with Crippen LogP contribution in [-0.2, 0) is 0 Å². The monoisotopic (exact) mass is 299 g/mol. The SMILES string of the molecule is CCCNc1ncc(Cl)c(N(CCC)CCN(C)C)n1. The Morgan fingerprint density at radius 3 is 2.50 bits per heavy atom. The Kier molecular flexibility index (Phi) is 7.62. The molecule has 0 saturated carbocycles. The first-order valence-electron chi connectivity index (χ1n) is 7.24. The zero-order valence-corrected chi connectivity index (χ0v) is 13.7. The molecule has 0 aliphatic carbocycles. The van der Waals surface area contributed by atoms with Crippen LogP contribution in [0.2, 0.25) is 5.02 Å². The Hall–Kier alpha value is -1.07. The van der Waals surface area contributed by atoms with E-state index in [-0.39, 0.29) is 0 Å². The Morgan fingerprint density at radius 1 is 1.15 bits per heavy atom. The van der Waals surface area contributed by atoms with Gasteiger partial charge in [-0.1, -0.05) is 25.4 Å². The lowest BCUT2D eigenvalue weighted by Gasteiger charge is -2.26. The Bertz CT molecular complexity index is 397. The number of hydrogen-bond acceptors (Lipinski definition) is 5. The van der Waals surface area contributed by atoms with Gasteiger partial charge in [0.15, 0.2) is 5.82 Å². The Labute approximate surface area is 127 Å². The van der Waals surface area contributed by atoms with Crippen LogP contribution >= 0.6 is 11.6 Å². The number of nitrogens with zero attached hydrogens (tertiary/aromatic N) is 4. The van der Waals surface area contributed by atoms with E-state index in [9.17, 15) is 0 Å². The van der Waals surface area contributed by atoms with Crippen LogP contribution in [0.1, 0.15) is 26.7 Å². The molecule has 5 nitrogen and oxygen atoms in total. The van der Waals surface area contributed by atoms with Crippen molar-refractivity contribution in [2.75, 3.05) is 50.5 Å². The molecule has 0 aliphatic heterocycles. The minimum absolute atomic E-state index is 0.610. The van der Waals surface area contributed by atoms with Crippen molar-refractivity contribution < 1.29 is 0 Å². The first-order valence-corrected chi connectivity index (χ1v) is 7.62. The molecule has 1 aromatic heterocycles. The summed E-state index contributed by atoms with van der Waals surface area (Å²) in [6.07, 6.45) is 3.78. The lowest BCUT2D eigenvalue weighted by Crippen LogP contribution is -2.33. The summed E-state index contributed by atoms with van der Waals surface area (Å²) in [5.74, 6) is 1.47. The number of halogens is 1. The predicted octanol–water partition coefficient (Wildman–Crippen LogP) is 2.73. The van der Waals surface area contributed by atoms with E-state index >= 15 is 0 Å². The molecule has 0 bridgehead atoms. The topological polar surface area (TPSA) is 44.3 Å². The fourth-order valence-corrected chi connectivity index (χ4v) is 2.03. The van der Waals surface area contributed by atoms with Gasteiger partial charge < -0.3 is 15.1 Å². The summed E-state index contributed by atoms with van der Waals surface area (Å²) in [4.78, 5) is 13.2. The second-order valence-electron chi connectivity index (χ2n) is 5.08. The van der Waals surface area contributed by atoms with Crippen LogP contribution in [-0.4, -0.2) is 55.1 Å². The number of aromatic nitrogens is 2. The highest BCUT2D eigenvalue weighted by Gasteiger charge is 2.13. The summed E-state index contributed by atoms with van der Waals surface area (Å²) in [5.41, 5.74) is 0. The molecule has 1 rings (SSSR count). The average molecular weight is 300 g/mol. The molecule has 0 radical (unpaired) electrons. The summed E-state index contributed by atoms with van der Waals surface area (Å²) in [7, 11) is 4.14. The zero-order chi connectivity index (χ0) is 15.0. The maximum atomic E-state index is 6.27. The molecular weight excluding hydrogens is 274 g/mol. The minimum Gasteiger partial charge on any atom is -0.354 e.